The summed E-state index contributed by atoms with van der Waals surface area (Å²) >= 11 is 0. The molecule has 1 saturated heterocycles. The van der Waals surface area contributed by atoms with Crippen molar-refractivity contribution in [3.8, 4) is 11.3 Å². The van der Waals surface area contributed by atoms with Gasteiger partial charge in [-0.05, 0) is 38.0 Å². The van der Waals surface area contributed by atoms with Crippen LogP contribution in [0.4, 0.5) is 5.82 Å². The number of amides is 1. The monoisotopic (exact) mass is 360 g/mol. The predicted octanol–water partition coefficient (Wildman–Crippen LogP) is 2.51. The molecule has 0 radical (unpaired) electrons. The highest BCUT2D eigenvalue weighted by Crippen LogP contribution is 2.33. The van der Waals surface area contributed by atoms with Gasteiger partial charge < -0.3 is 10.2 Å². The second-order valence-electron chi connectivity index (χ2n) is 7.23. The van der Waals surface area contributed by atoms with Gasteiger partial charge in [-0.2, -0.15) is 5.10 Å². The molecule has 0 aliphatic carbocycles. The minimum Gasteiger partial charge on any atom is -0.354 e. The van der Waals surface area contributed by atoms with Crippen LogP contribution in [0, 0.1) is 0 Å². The van der Waals surface area contributed by atoms with E-state index in [4.69, 9.17) is 0 Å². The maximum atomic E-state index is 12.5. The number of nitrogens with zero attached hydrogens (tertiary/aromatic N) is 4. The Balaban J connectivity index is 1.50. The molecule has 1 unspecified atom stereocenters. The molecule has 2 aliphatic rings. The van der Waals surface area contributed by atoms with Crippen molar-refractivity contribution in [3.05, 3.63) is 42.6 Å². The third kappa shape index (κ3) is 2.58. The fraction of sp³-hybridized carbons (Fsp3) is 0.300. The van der Waals surface area contributed by atoms with Crippen LogP contribution in [0.1, 0.15) is 19.8 Å². The molecule has 0 saturated carbocycles. The quantitative estimate of drug-likeness (QED) is 0.735. The lowest BCUT2D eigenvalue weighted by molar-refractivity contribution is -0.124. The summed E-state index contributed by atoms with van der Waals surface area (Å²) in [5.74, 6) is 1.55. The fourth-order valence-electron chi connectivity index (χ4n) is 4.11. The van der Waals surface area contributed by atoms with E-state index in [-0.39, 0.29) is 5.91 Å². The van der Waals surface area contributed by atoms with Crippen LogP contribution in [0.15, 0.2) is 47.6 Å². The number of fused-ring (bicyclic) bond motifs is 1. The van der Waals surface area contributed by atoms with Crippen molar-refractivity contribution in [2.24, 2.45) is 4.99 Å². The Morgan fingerprint density at radius 2 is 2.11 bits per heavy atom. The number of aliphatic imine (C=N–C) groups is 1. The number of hydrogen-bond donors (Lipinski definition) is 2. The average Bonchev–Trinajstić information content (AvgIpc) is 3.23. The Morgan fingerprint density at radius 1 is 1.22 bits per heavy atom. The summed E-state index contributed by atoms with van der Waals surface area (Å²) in [6.45, 7) is 3.25. The van der Waals surface area contributed by atoms with E-state index in [1.807, 2.05) is 37.3 Å². The number of nitrogens with one attached hydrogen (secondary N) is 2. The highest BCUT2D eigenvalue weighted by atomic mass is 16.2. The van der Waals surface area contributed by atoms with Crippen LogP contribution in [0.3, 0.4) is 0 Å². The number of H-pyrrole nitrogens is 1. The molecule has 4 heterocycles. The first kappa shape index (κ1) is 16.0. The number of amidine groups is 1. The topological polar surface area (TPSA) is 86.3 Å². The molecule has 2 aliphatic heterocycles. The van der Waals surface area contributed by atoms with Crippen LogP contribution in [-0.2, 0) is 4.79 Å². The molecule has 2 N–H and O–H groups in total. The van der Waals surface area contributed by atoms with Gasteiger partial charge in [0, 0.05) is 23.7 Å². The van der Waals surface area contributed by atoms with Crippen molar-refractivity contribution < 1.29 is 4.79 Å². The van der Waals surface area contributed by atoms with E-state index in [2.05, 4.69) is 36.5 Å². The van der Waals surface area contributed by atoms with Gasteiger partial charge in [-0.1, -0.05) is 18.2 Å². The van der Waals surface area contributed by atoms with Crippen LogP contribution >= 0.6 is 0 Å². The van der Waals surface area contributed by atoms with E-state index in [1.54, 1.807) is 6.20 Å². The molecule has 7 nitrogen and oxygen atoms in total. The first-order valence-corrected chi connectivity index (χ1v) is 9.17. The number of benzene rings is 1. The molecule has 3 aromatic rings. The van der Waals surface area contributed by atoms with Crippen LogP contribution in [0.2, 0.25) is 0 Å². The normalized spacial score (nSPS) is 22.3. The standard InChI is InChI=1S/C20H20N6O/c1-13-22-19(27)20(23-13)8-4-10-26(12-20)17-11-14(7-9-21-17)18-15-5-2-3-6-16(15)24-25-18/h2-3,5-7,9,11H,4,8,10,12H2,1H3,(H,24,25)(H,22,23,27). The second-order valence-corrected chi connectivity index (χ2v) is 7.23. The van der Waals surface area contributed by atoms with E-state index >= 15 is 0 Å². The first-order chi connectivity index (χ1) is 13.1. The molecular formula is C20H20N6O. The summed E-state index contributed by atoms with van der Waals surface area (Å²) in [5, 5.41) is 11.5. The van der Waals surface area contributed by atoms with Gasteiger partial charge in [0.25, 0.3) is 5.91 Å². The van der Waals surface area contributed by atoms with Crippen molar-refractivity contribution in [2.75, 3.05) is 18.0 Å². The van der Waals surface area contributed by atoms with Gasteiger partial charge in [-0.15, -0.1) is 0 Å². The minimum atomic E-state index is -0.681. The van der Waals surface area contributed by atoms with Crippen molar-refractivity contribution >= 4 is 28.5 Å². The molecular weight excluding hydrogens is 340 g/mol. The molecule has 136 valence electrons. The summed E-state index contributed by atoms with van der Waals surface area (Å²) < 4.78 is 0. The van der Waals surface area contributed by atoms with Gasteiger partial charge in [0.2, 0.25) is 0 Å². The fourth-order valence-corrected chi connectivity index (χ4v) is 4.11. The Bertz CT molecular complexity index is 1070. The molecule has 1 atom stereocenters. The van der Waals surface area contributed by atoms with Gasteiger partial charge in [0.1, 0.15) is 17.3 Å². The largest absolute Gasteiger partial charge is 0.354 e. The summed E-state index contributed by atoms with van der Waals surface area (Å²) in [4.78, 5) is 23.8. The average molecular weight is 360 g/mol. The molecule has 7 heteroatoms. The number of para-hydroxylation sites is 1. The number of carbonyl (C=O) groups excluding carboxylic acids is 1. The van der Waals surface area contributed by atoms with Crippen molar-refractivity contribution in [1.82, 2.24) is 20.5 Å². The number of rotatable bonds is 2. The van der Waals surface area contributed by atoms with E-state index < -0.39 is 5.54 Å². The predicted molar refractivity (Wildman–Crippen MR) is 105 cm³/mol. The number of aromatic nitrogens is 3. The number of piperidine rings is 1. The van der Waals surface area contributed by atoms with Gasteiger partial charge in [-0.3, -0.25) is 14.9 Å². The zero-order valence-electron chi connectivity index (χ0n) is 15.1. The van der Waals surface area contributed by atoms with E-state index in [0.29, 0.717) is 12.4 Å². The van der Waals surface area contributed by atoms with Crippen LogP contribution < -0.4 is 10.2 Å². The number of pyridine rings is 1. The maximum absolute atomic E-state index is 12.5. The van der Waals surface area contributed by atoms with Gasteiger partial charge in [-0.25, -0.2) is 4.98 Å². The Morgan fingerprint density at radius 3 is 2.96 bits per heavy atom. The zero-order valence-corrected chi connectivity index (χ0v) is 15.1. The van der Waals surface area contributed by atoms with E-state index in [9.17, 15) is 4.79 Å². The van der Waals surface area contributed by atoms with Crippen molar-refractivity contribution in [3.63, 3.8) is 0 Å². The van der Waals surface area contributed by atoms with Gasteiger partial charge in [0.15, 0.2) is 5.54 Å². The Kier molecular flexibility index (Phi) is 3.50. The zero-order chi connectivity index (χ0) is 18.4. The molecule has 1 fully saturated rings. The van der Waals surface area contributed by atoms with Gasteiger partial charge in [0.05, 0.1) is 12.1 Å². The van der Waals surface area contributed by atoms with E-state index in [1.165, 1.54) is 0 Å². The molecule has 0 bridgehead atoms. The third-order valence-electron chi connectivity index (χ3n) is 5.38. The van der Waals surface area contributed by atoms with Gasteiger partial charge >= 0.3 is 0 Å². The Hall–Kier alpha value is -3.22. The lowest BCUT2D eigenvalue weighted by Crippen LogP contribution is -2.52. The molecule has 1 aromatic carbocycles. The summed E-state index contributed by atoms with van der Waals surface area (Å²) in [6, 6.07) is 12.1. The second kappa shape index (κ2) is 5.90. The molecule has 2 aromatic heterocycles. The highest BCUT2D eigenvalue weighted by Gasteiger charge is 2.46. The SMILES string of the molecule is CC1=NC2(CCCN(c3cc(-c4n[nH]c5ccccc45)ccn3)C2)C(=O)N1. The molecule has 1 amide bonds. The van der Waals surface area contributed by atoms with Crippen molar-refractivity contribution in [2.45, 2.75) is 25.3 Å². The highest BCUT2D eigenvalue weighted by molar-refractivity contribution is 6.07. The lowest BCUT2D eigenvalue weighted by Gasteiger charge is -2.37. The first-order valence-electron chi connectivity index (χ1n) is 9.17. The summed E-state index contributed by atoms with van der Waals surface area (Å²) in [6.07, 6.45) is 3.48. The smallest absolute Gasteiger partial charge is 0.255 e. The van der Waals surface area contributed by atoms with Crippen molar-refractivity contribution in [1.29, 1.82) is 0 Å². The van der Waals surface area contributed by atoms with Crippen LogP contribution in [0.25, 0.3) is 22.2 Å². The number of carbonyl (C=O) groups is 1. The molecule has 5 rings (SSSR count). The summed E-state index contributed by atoms with van der Waals surface area (Å²) in [7, 11) is 0. The number of aromatic amines is 1. The minimum absolute atomic E-state index is 0.000787. The number of hydrogen-bond acceptors (Lipinski definition) is 5. The third-order valence-corrected chi connectivity index (χ3v) is 5.38. The number of anilines is 1. The maximum Gasteiger partial charge on any atom is 0.255 e. The molecule has 27 heavy (non-hydrogen) atoms. The Labute approximate surface area is 156 Å². The molecule has 1 spiro atoms. The van der Waals surface area contributed by atoms with E-state index in [0.717, 1.165) is 47.4 Å². The summed E-state index contributed by atoms with van der Waals surface area (Å²) in [5.41, 5.74) is 2.25. The van der Waals surface area contributed by atoms with Crippen LogP contribution in [0.5, 0.6) is 0 Å². The van der Waals surface area contributed by atoms with Crippen LogP contribution in [-0.4, -0.2) is 45.6 Å². The lowest BCUT2D eigenvalue weighted by atomic mass is 9.89.